The van der Waals surface area contributed by atoms with Crippen molar-refractivity contribution in [2.24, 2.45) is 0 Å². The van der Waals surface area contributed by atoms with Crippen molar-refractivity contribution in [3.05, 3.63) is 0 Å². The lowest BCUT2D eigenvalue weighted by atomic mass is 9.98. The summed E-state index contributed by atoms with van der Waals surface area (Å²) in [7, 11) is 5.41. The van der Waals surface area contributed by atoms with Crippen LogP contribution in [-0.2, 0) is 4.74 Å². The molecule has 0 aliphatic rings. The molecule has 0 rings (SSSR count). The highest BCUT2D eigenvalue weighted by Gasteiger charge is 2.17. The van der Waals surface area contributed by atoms with E-state index in [0.29, 0.717) is 0 Å². The third-order valence-corrected chi connectivity index (χ3v) is 2.10. The molecule has 0 aromatic rings. The first kappa shape index (κ1) is 15.3. The highest BCUT2D eigenvalue weighted by molar-refractivity contribution is 6.08. The fraction of sp³-hybridized carbons (Fsp3) is 0.917. The largest absolute Gasteiger partial charge is 0.444 e. The van der Waals surface area contributed by atoms with Gasteiger partial charge in [-0.3, -0.25) is 0 Å². The van der Waals surface area contributed by atoms with Crippen LogP contribution in [-0.4, -0.2) is 25.6 Å². The molecule has 2 radical (unpaired) electrons. The van der Waals surface area contributed by atoms with Gasteiger partial charge < -0.3 is 10.1 Å². The maximum atomic E-state index is 11.4. The zero-order valence-corrected chi connectivity index (χ0v) is 11.0. The van der Waals surface area contributed by atoms with Gasteiger partial charge in [-0.05, 0) is 34.1 Å². The molecule has 0 bridgehead atoms. The standard InChI is InChI=1S/C12H24BNO2/c1-10(8-6-5-7-9-13)14-11(15)16-12(2,3)4/h10H,5-9H2,1-4H3,(H,14,15)/t10-/m0/s1. The number of carbonyl (C=O) groups excluding carboxylic acids is 1. The Kier molecular flexibility index (Phi) is 7.27. The third kappa shape index (κ3) is 9.87. The van der Waals surface area contributed by atoms with Crippen molar-refractivity contribution in [2.75, 3.05) is 0 Å². The van der Waals surface area contributed by atoms with Crippen LogP contribution in [0.3, 0.4) is 0 Å². The Morgan fingerprint density at radius 3 is 2.44 bits per heavy atom. The van der Waals surface area contributed by atoms with Crippen molar-refractivity contribution in [3.63, 3.8) is 0 Å². The Balaban J connectivity index is 3.62. The second-order valence-electron chi connectivity index (χ2n) is 5.19. The average Bonchev–Trinajstić information content (AvgIpc) is 2.09. The highest BCUT2D eigenvalue weighted by Crippen LogP contribution is 2.08. The number of nitrogens with one attached hydrogen (secondary N) is 1. The summed E-state index contributed by atoms with van der Waals surface area (Å²) >= 11 is 0. The molecule has 0 aliphatic carbocycles. The van der Waals surface area contributed by atoms with Crippen LogP contribution in [0.4, 0.5) is 4.79 Å². The molecule has 4 heteroatoms. The molecular formula is C12H24BNO2. The summed E-state index contributed by atoms with van der Waals surface area (Å²) in [4.78, 5) is 11.4. The van der Waals surface area contributed by atoms with Crippen LogP contribution in [0.15, 0.2) is 0 Å². The van der Waals surface area contributed by atoms with Crippen LogP contribution < -0.4 is 5.32 Å². The molecule has 0 fully saturated rings. The predicted octanol–water partition coefficient (Wildman–Crippen LogP) is 3.05. The lowest BCUT2D eigenvalue weighted by Gasteiger charge is -2.21. The fourth-order valence-electron chi connectivity index (χ4n) is 1.35. The van der Waals surface area contributed by atoms with E-state index in [0.717, 1.165) is 32.0 Å². The van der Waals surface area contributed by atoms with E-state index in [1.54, 1.807) is 0 Å². The number of amides is 1. The van der Waals surface area contributed by atoms with Crippen molar-refractivity contribution < 1.29 is 9.53 Å². The topological polar surface area (TPSA) is 38.3 Å². The summed E-state index contributed by atoms with van der Waals surface area (Å²) in [5, 5.41) is 2.82. The summed E-state index contributed by atoms with van der Waals surface area (Å²) in [6.07, 6.45) is 4.65. The molecule has 0 aromatic heterocycles. The summed E-state index contributed by atoms with van der Waals surface area (Å²) < 4.78 is 5.17. The Morgan fingerprint density at radius 2 is 1.94 bits per heavy atom. The molecule has 92 valence electrons. The van der Waals surface area contributed by atoms with Gasteiger partial charge in [0.1, 0.15) is 5.60 Å². The zero-order valence-electron chi connectivity index (χ0n) is 11.0. The molecule has 1 N–H and O–H groups in total. The number of ether oxygens (including phenoxy) is 1. The fourth-order valence-corrected chi connectivity index (χ4v) is 1.35. The van der Waals surface area contributed by atoms with Gasteiger partial charge in [0.2, 0.25) is 0 Å². The van der Waals surface area contributed by atoms with E-state index in [4.69, 9.17) is 12.6 Å². The second kappa shape index (κ2) is 7.58. The molecule has 0 saturated carbocycles. The molecule has 0 aromatic carbocycles. The quantitative estimate of drug-likeness (QED) is 0.557. The molecule has 0 aliphatic heterocycles. The summed E-state index contributed by atoms with van der Waals surface area (Å²) in [6.45, 7) is 7.57. The van der Waals surface area contributed by atoms with Crippen molar-refractivity contribution in [1.82, 2.24) is 5.32 Å². The summed E-state index contributed by atoms with van der Waals surface area (Å²) in [6, 6.07) is 0.160. The molecule has 0 saturated heterocycles. The molecule has 0 unspecified atom stereocenters. The minimum absolute atomic E-state index is 0.160. The van der Waals surface area contributed by atoms with Crippen molar-refractivity contribution in [3.8, 4) is 0 Å². The van der Waals surface area contributed by atoms with Gasteiger partial charge in [0.25, 0.3) is 0 Å². The lowest BCUT2D eigenvalue weighted by Crippen LogP contribution is -2.37. The maximum absolute atomic E-state index is 11.4. The van der Waals surface area contributed by atoms with E-state index in [9.17, 15) is 4.79 Å². The van der Waals surface area contributed by atoms with Crippen molar-refractivity contribution in [2.45, 2.75) is 71.3 Å². The first-order valence-electron chi connectivity index (χ1n) is 6.04. The van der Waals surface area contributed by atoms with Gasteiger partial charge in [-0.25, -0.2) is 4.79 Å². The molecular weight excluding hydrogens is 201 g/mol. The second-order valence-corrected chi connectivity index (χ2v) is 5.19. The monoisotopic (exact) mass is 225 g/mol. The van der Waals surface area contributed by atoms with Crippen LogP contribution >= 0.6 is 0 Å². The number of hydrogen-bond acceptors (Lipinski definition) is 2. The Hall–Kier alpha value is -0.665. The first-order valence-corrected chi connectivity index (χ1v) is 6.04. The van der Waals surface area contributed by atoms with Crippen molar-refractivity contribution >= 4 is 13.9 Å². The maximum Gasteiger partial charge on any atom is 0.407 e. The van der Waals surface area contributed by atoms with E-state index in [1.165, 1.54) is 0 Å². The minimum atomic E-state index is -0.427. The van der Waals surface area contributed by atoms with Gasteiger partial charge in [-0.1, -0.05) is 25.6 Å². The van der Waals surface area contributed by atoms with Gasteiger partial charge in [0.05, 0.1) is 7.85 Å². The smallest absolute Gasteiger partial charge is 0.407 e. The molecule has 0 heterocycles. The van der Waals surface area contributed by atoms with Gasteiger partial charge in [0.15, 0.2) is 0 Å². The van der Waals surface area contributed by atoms with Gasteiger partial charge in [-0.2, -0.15) is 0 Å². The molecule has 1 atom stereocenters. The molecule has 3 nitrogen and oxygen atoms in total. The molecule has 16 heavy (non-hydrogen) atoms. The zero-order chi connectivity index (χ0) is 12.6. The van der Waals surface area contributed by atoms with Gasteiger partial charge in [-0.15, -0.1) is 0 Å². The van der Waals surface area contributed by atoms with Crippen LogP contribution in [0.1, 0.15) is 53.4 Å². The van der Waals surface area contributed by atoms with Gasteiger partial charge >= 0.3 is 6.09 Å². The number of carbonyl (C=O) groups is 1. The van der Waals surface area contributed by atoms with E-state index < -0.39 is 5.60 Å². The number of rotatable bonds is 6. The van der Waals surface area contributed by atoms with Crippen molar-refractivity contribution in [1.29, 1.82) is 0 Å². The Labute approximate surface area is 101 Å². The Bertz CT molecular complexity index is 202. The summed E-state index contributed by atoms with van der Waals surface area (Å²) in [5.41, 5.74) is -0.427. The molecule has 1 amide bonds. The van der Waals surface area contributed by atoms with E-state index in [2.05, 4.69) is 5.32 Å². The number of alkyl carbamates (subject to hydrolysis) is 1. The van der Waals surface area contributed by atoms with Crippen LogP contribution in [0, 0.1) is 0 Å². The first-order chi connectivity index (χ1) is 7.35. The average molecular weight is 225 g/mol. The number of unbranched alkanes of at least 4 members (excludes halogenated alkanes) is 2. The van der Waals surface area contributed by atoms with E-state index in [-0.39, 0.29) is 12.1 Å². The minimum Gasteiger partial charge on any atom is -0.444 e. The van der Waals surface area contributed by atoms with E-state index >= 15 is 0 Å². The van der Waals surface area contributed by atoms with Crippen LogP contribution in [0.25, 0.3) is 0 Å². The van der Waals surface area contributed by atoms with Gasteiger partial charge in [0, 0.05) is 6.04 Å². The van der Waals surface area contributed by atoms with Crippen LogP contribution in [0.5, 0.6) is 0 Å². The molecule has 0 spiro atoms. The van der Waals surface area contributed by atoms with E-state index in [1.807, 2.05) is 27.7 Å². The highest BCUT2D eigenvalue weighted by atomic mass is 16.6. The number of hydrogen-bond donors (Lipinski definition) is 1. The van der Waals surface area contributed by atoms with Crippen LogP contribution in [0.2, 0.25) is 6.32 Å². The third-order valence-electron chi connectivity index (χ3n) is 2.10. The normalized spacial score (nSPS) is 13.2. The lowest BCUT2D eigenvalue weighted by molar-refractivity contribution is 0.0506. The predicted molar refractivity (Wildman–Crippen MR) is 67.9 cm³/mol. The summed E-state index contributed by atoms with van der Waals surface area (Å²) in [5.74, 6) is 0. The Morgan fingerprint density at radius 1 is 1.31 bits per heavy atom. The SMILES string of the molecule is [B]CCCCC[C@H](C)NC(=O)OC(C)(C)C.